The monoisotopic (exact) mass is 315 g/mol. The standard InChI is InChI=1S/C16H25N7/c1-3-18-16(19-6-9-22-8-5-17-13-22)23-7-4-14(12-23)15-10-20-21(2)11-15/h5,8,10-11,13-14H,3-4,6-7,9,12H2,1-2H3,(H,18,19). The van der Waals surface area contributed by atoms with Crippen LogP contribution in [-0.2, 0) is 13.6 Å². The Morgan fingerprint density at radius 1 is 1.48 bits per heavy atom. The van der Waals surface area contributed by atoms with Gasteiger partial charge < -0.3 is 14.8 Å². The molecule has 2 aromatic heterocycles. The Labute approximate surface area is 137 Å². The van der Waals surface area contributed by atoms with Crippen LogP contribution in [-0.4, -0.2) is 56.4 Å². The summed E-state index contributed by atoms with van der Waals surface area (Å²) in [4.78, 5) is 11.2. The molecule has 1 N–H and O–H groups in total. The molecule has 1 unspecified atom stereocenters. The Morgan fingerprint density at radius 3 is 3.09 bits per heavy atom. The van der Waals surface area contributed by atoms with Gasteiger partial charge in [-0.2, -0.15) is 5.10 Å². The molecule has 23 heavy (non-hydrogen) atoms. The average Bonchev–Trinajstić information content (AvgIpc) is 3.27. The molecule has 0 aromatic carbocycles. The summed E-state index contributed by atoms with van der Waals surface area (Å²) < 4.78 is 3.93. The van der Waals surface area contributed by atoms with Crippen LogP contribution in [0.25, 0.3) is 0 Å². The SMILES string of the molecule is CCNC(=NCCn1ccnc1)N1CCC(c2cnn(C)c2)C1. The molecule has 3 heterocycles. The van der Waals surface area contributed by atoms with Crippen LogP contribution in [0.2, 0.25) is 0 Å². The number of rotatable bonds is 5. The summed E-state index contributed by atoms with van der Waals surface area (Å²) in [6, 6.07) is 0. The van der Waals surface area contributed by atoms with Gasteiger partial charge in [0.25, 0.3) is 0 Å². The lowest BCUT2D eigenvalue weighted by molar-refractivity contribution is 0.485. The van der Waals surface area contributed by atoms with E-state index < -0.39 is 0 Å². The van der Waals surface area contributed by atoms with E-state index in [-0.39, 0.29) is 0 Å². The molecular formula is C16H25N7. The first-order valence-electron chi connectivity index (χ1n) is 8.24. The van der Waals surface area contributed by atoms with Crippen LogP contribution in [0.5, 0.6) is 0 Å². The summed E-state index contributed by atoms with van der Waals surface area (Å²) in [6.07, 6.45) is 10.9. The molecule has 7 heteroatoms. The van der Waals surface area contributed by atoms with Crippen LogP contribution >= 0.6 is 0 Å². The fourth-order valence-corrected chi connectivity index (χ4v) is 2.99. The van der Waals surface area contributed by atoms with Gasteiger partial charge in [-0.1, -0.05) is 0 Å². The Morgan fingerprint density at radius 2 is 2.39 bits per heavy atom. The summed E-state index contributed by atoms with van der Waals surface area (Å²) >= 11 is 0. The zero-order chi connectivity index (χ0) is 16.1. The molecule has 1 aliphatic heterocycles. The summed E-state index contributed by atoms with van der Waals surface area (Å²) in [5.74, 6) is 1.56. The normalized spacial score (nSPS) is 18.6. The van der Waals surface area contributed by atoms with Gasteiger partial charge in [-0.25, -0.2) is 4.98 Å². The predicted molar refractivity (Wildman–Crippen MR) is 90.3 cm³/mol. The van der Waals surface area contributed by atoms with Gasteiger partial charge in [-0.05, 0) is 18.9 Å². The first-order chi connectivity index (χ1) is 11.3. The first-order valence-corrected chi connectivity index (χ1v) is 8.24. The molecule has 1 atom stereocenters. The number of nitrogens with one attached hydrogen (secondary N) is 1. The topological polar surface area (TPSA) is 63.3 Å². The van der Waals surface area contributed by atoms with Crippen LogP contribution in [0, 0.1) is 0 Å². The second-order valence-electron chi connectivity index (χ2n) is 5.92. The molecule has 7 nitrogen and oxygen atoms in total. The minimum Gasteiger partial charge on any atom is -0.357 e. The Balaban J connectivity index is 1.59. The number of aryl methyl sites for hydroxylation is 1. The van der Waals surface area contributed by atoms with Crippen molar-refractivity contribution in [2.45, 2.75) is 25.8 Å². The van der Waals surface area contributed by atoms with E-state index in [0.717, 1.165) is 45.1 Å². The van der Waals surface area contributed by atoms with Gasteiger partial charge in [0, 0.05) is 57.7 Å². The van der Waals surface area contributed by atoms with Crippen LogP contribution in [0.15, 0.2) is 36.1 Å². The molecule has 0 amide bonds. The van der Waals surface area contributed by atoms with E-state index in [1.165, 1.54) is 5.56 Å². The summed E-state index contributed by atoms with van der Waals surface area (Å²) in [5, 5.41) is 7.70. The minimum atomic E-state index is 0.543. The van der Waals surface area contributed by atoms with Gasteiger partial charge in [0.15, 0.2) is 5.96 Å². The van der Waals surface area contributed by atoms with Crippen molar-refractivity contribution in [2.75, 3.05) is 26.2 Å². The highest BCUT2D eigenvalue weighted by Crippen LogP contribution is 2.26. The minimum absolute atomic E-state index is 0.543. The zero-order valence-corrected chi connectivity index (χ0v) is 13.9. The number of imidazole rings is 1. The van der Waals surface area contributed by atoms with E-state index in [1.54, 1.807) is 6.20 Å². The number of hydrogen-bond acceptors (Lipinski definition) is 3. The highest BCUT2D eigenvalue weighted by molar-refractivity contribution is 5.80. The maximum absolute atomic E-state index is 4.77. The smallest absolute Gasteiger partial charge is 0.193 e. The molecule has 1 aliphatic rings. The second-order valence-corrected chi connectivity index (χ2v) is 5.92. The summed E-state index contributed by atoms with van der Waals surface area (Å²) in [5.41, 5.74) is 1.32. The van der Waals surface area contributed by atoms with Crippen molar-refractivity contribution >= 4 is 5.96 Å². The second kappa shape index (κ2) is 7.30. The fraction of sp³-hybridized carbons (Fsp3) is 0.562. The number of aliphatic imine (C=N–C) groups is 1. The van der Waals surface area contributed by atoms with Gasteiger partial charge in [0.2, 0.25) is 0 Å². The predicted octanol–water partition coefficient (Wildman–Crippen LogP) is 1.07. The lowest BCUT2D eigenvalue weighted by Crippen LogP contribution is -2.40. The lowest BCUT2D eigenvalue weighted by Gasteiger charge is -2.21. The largest absolute Gasteiger partial charge is 0.357 e. The van der Waals surface area contributed by atoms with E-state index in [2.05, 4.69) is 38.0 Å². The third-order valence-electron chi connectivity index (χ3n) is 4.20. The molecular weight excluding hydrogens is 290 g/mol. The molecule has 0 saturated carbocycles. The van der Waals surface area contributed by atoms with Gasteiger partial charge in [0.1, 0.15) is 0 Å². The van der Waals surface area contributed by atoms with Crippen LogP contribution in [0.1, 0.15) is 24.8 Å². The number of guanidine groups is 1. The average molecular weight is 315 g/mol. The van der Waals surface area contributed by atoms with Crippen molar-refractivity contribution in [3.05, 3.63) is 36.7 Å². The van der Waals surface area contributed by atoms with E-state index in [1.807, 2.05) is 30.5 Å². The third-order valence-corrected chi connectivity index (χ3v) is 4.20. The molecule has 2 aromatic rings. The first kappa shape index (κ1) is 15.6. The van der Waals surface area contributed by atoms with Crippen LogP contribution in [0.3, 0.4) is 0 Å². The Kier molecular flexibility index (Phi) is 4.95. The Hall–Kier alpha value is -2.31. The van der Waals surface area contributed by atoms with Crippen molar-refractivity contribution < 1.29 is 0 Å². The van der Waals surface area contributed by atoms with Crippen molar-refractivity contribution in [3.8, 4) is 0 Å². The van der Waals surface area contributed by atoms with Crippen molar-refractivity contribution in [1.82, 2.24) is 29.5 Å². The summed E-state index contributed by atoms with van der Waals surface area (Å²) in [6.45, 7) is 6.65. The maximum Gasteiger partial charge on any atom is 0.193 e. The van der Waals surface area contributed by atoms with Crippen molar-refractivity contribution in [3.63, 3.8) is 0 Å². The van der Waals surface area contributed by atoms with E-state index in [4.69, 9.17) is 4.99 Å². The third kappa shape index (κ3) is 3.91. The molecule has 0 spiro atoms. The molecule has 0 aliphatic carbocycles. The van der Waals surface area contributed by atoms with Crippen molar-refractivity contribution in [2.24, 2.45) is 12.0 Å². The fourth-order valence-electron chi connectivity index (χ4n) is 2.99. The van der Waals surface area contributed by atoms with E-state index in [0.29, 0.717) is 5.92 Å². The van der Waals surface area contributed by atoms with Crippen molar-refractivity contribution in [1.29, 1.82) is 0 Å². The maximum atomic E-state index is 4.77. The molecule has 1 fully saturated rings. The van der Waals surface area contributed by atoms with Gasteiger partial charge >= 0.3 is 0 Å². The van der Waals surface area contributed by atoms with Crippen LogP contribution in [0.4, 0.5) is 0 Å². The molecule has 3 rings (SSSR count). The highest BCUT2D eigenvalue weighted by atomic mass is 15.3. The number of likely N-dealkylation sites (tertiary alicyclic amines) is 1. The molecule has 0 bridgehead atoms. The van der Waals surface area contributed by atoms with E-state index >= 15 is 0 Å². The number of hydrogen-bond donors (Lipinski definition) is 1. The van der Waals surface area contributed by atoms with Gasteiger partial charge in [-0.15, -0.1) is 0 Å². The quantitative estimate of drug-likeness (QED) is 0.662. The lowest BCUT2D eigenvalue weighted by atomic mass is 10.0. The van der Waals surface area contributed by atoms with Gasteiger partial charge in [0.05, 0.1) is 19.1 Å². The highest BCUT2D eigenvalue weighted by Gasteiger charge is 2.26. The Bertz CT molecular complexity index is 629. The van der Waals surface area contributed by atoms with Crippen LogP contribution < -0.4 is 5.32 Å². The van der Waals surface area contributed by atoms with E-state index in [9.17, 15) is 0 Å². The molecule has 0 radical (unpaired) electrons. The zero-order valence-electron chi connectivity index (χ0n) is 13.9. The number of aromatic nitrogens is 4. The molecule has 1 saturated heterocycles. The number of nitrogens with zero attached hydrogens (tertiary/aromatic N) is 6. The van der Waals surface area contributed by atoms with Gasteiger partial charge in [-0.3, -0.25) is 9.67 Å². The molecule has 124 valence electrons. The summed E-state index contributed by atoms with van der Waals surface area (Å²) in [7, 11) is 1.97.